The molecular weight excluding hydrogens is 202 g/mol. The van der Waals surface area contributed by atoms with Crippen LogP contribution in [0.2, 0.25) is 0 Å². The Morgan fingerprint density at radius 3 is 1.23 bits per heavy atom. The first-order chi connectivity index (χ1) is 5.42. The molecule has 0 rings (SSSR count). The molecule has 0 aromatic carbocycles. The Balaban J connectivity index is 0. The van der Waals surface area contributed by atoms with E-state index in [1.165, 1.54) is 6.16 Å². The number of hydrogen-bond acceptors (Lipinski definition) is 0. The molecule has 0 heterocycles. The summed E-state index contributed by atoms with van der Waals surface area (Å²) in [5.41, 5.74) is 0. The SMILES string of the molecule is CC(C)C[P+](C)(C)C.F[B-](F)(F)F. The lowest BCUT2D eigenvalue weighted by Crippen LogP contribution is -2.02. The third-order valence-corrected chi connectivity index (χ3v) is 2.74. The van der Waals surface area contributed by atoms with Crippen LogP contribution in [0.25, 0.3) is 0 Å². The normalized spacial score (nSPS) is 12.5. The van der Waals surface area contributed by atoms with Crippen LogP contribution in [-0.2, 0) is 0 Å². The Hall–Kier alpha value is 0.215. The van der Waals surface area contributed by atoms with E-state index in [4.69, 9.17) is 0 Å². The van der Waals surface area contributed by atoms with Gasteiger partial charge in [-0.25, -0.2) is 0 Å². The van der Waals surface area contributed by atoms with Crippen molar-refractivity contribution in [2.75, 3.05) is 26.2 Å². The topological polar surface area (TPSA) is 0 Å². The summed E-state index contributed by atoms with van der Waals surface area (Å²) in [5.74, 6) is 0.892. The van der Waals surface area contributed by atoms with Crippen LogP contribution in [0.4, 0.5) is 17.3 Å². The van der Waals surface area contributed by atoms with Crippen molar-refractivity contribution in [1.82, 2.24) is 0 Å². The summed E-state index contributed by atoms with van der Waals surface area (Å²) in [7, 11) is -6.47. The molecule has 0 aromatic heterocycles. The van der Waals surface area contributed by atoms with Gasteiger partial charge in [-0.1, -0.05) is 13.8 Å². The molecule has 0 aliphatic heterocycles. The smallest absolute Gasteiger partial charge is 0.418 e. The van der Waals surface area contributed by atoms with Crippen LogP contribution in [0.3, 0.4) is 0 Å². The molecule has 82 valence electrons. The summed E-state index contributed by atoms with van der Waals surface area (Å²) in [6, 6.07) is 0. The van der Waals surface area contributed by atoms with Crippen LogP contribution in [0.5, 0.6) is 0 Å². The average molecular weight is 220 g/mol. The second-order valence-electron chi connectivity index (χ2n) is 4.36. The van der Waals surface area contributed by atoms with Gasteiger partial charge in [0.1, 0.15) is 0 Å². The van der Waals surface area contributed by atoms with Gasteiger partial charge in [0.25, 0.3) is 0 Å². The number of rotatable bonds is 2. The summed E-state index contributed by atoms with van der Waals surface area (Å²) in [4.78, 5) is 0. The van der Waals surface area contributed by atoms with Crippen molar-refractivity contribution in [2.45, 2.75) is 13.8 Å². The van der Waals surface area contributed by atoms with Gasteiger partial charge in [-0.05, 0) is 5.92 Å². The van der Waals surface area contributed by atoms with Crippen molar-refractivity contribution in [2.24, 2.45) is 5.92 Å². The molecule has 13 heavy (non-hydrogen) atoms. The van der Waals surface area contributed by atoms with Gasteiger partial charge < -0.3 is 17.3 Å². The second kappa shape index (κ2) is 5.84. The van der Waals surface area contributed by atoms with E-state index in [-0.39, 0.29) is 0 Å². The fraction of sp³-hybridized carbons (Fsp3) is 1.00. The largest absolute Gasteiger partial charge is 0.673 e. The maximum Gasteiger partial charge on any atom is 0.673 e. The van der Waals surface area contributed by atoms with Crippen molar-refractivity contribution in [3.05, 3.63) is 0 Å². The molecule has 0 unspecified atom stereocenters. The third kappa shape index (κ3) is 46.9. The molecule has 0 atom stereocenters. The minimum absolute atomic E-state index is 0.472. The molecule has 0 saturated heterocycles. The quantitative estimate of drug-likeness (QED) is 0.376. The summed E-state index contributed by atoms with van der Waals surface area (Å²) in [6.45, 7) is 11.8. The zero-order chi connectivity index (χ0) is 11.3. The standard InChI is InChI=1S/C7H18P.BF4/c1-7(2)6-8(3,4)5;2-1(3,4)5/h7H,6H2,1-5H3;/q+1;-1. The maximum absolute atomic E-state index is 9.75. The molecule has 0 spiro atoms. The van der Waals surface area contributed by atoms with E-state index in [2.05, 4.69) is 33.8 Å². The zero-order valence-electron chi connectivity index (χ0n) is 8.82. The zero-order valence-corrected chi connectivity index (χ0v) is 9.72. The highest BCUT2D eigenvalue weighted by Gasteiger charge is 2.20. The molecule has 0 radical (unpaired) electrons. The van der Waals surface area contributed by atoms with Gasteiger partial charge in [-0.15, -0.1) is 0 Å². The molecule has 0 amide bonds. The van der Waals surface area contributed by atoms with Gasteiger partial charge >= 0.3 is 7.25 Å². The van der Waals surface area contributed by atoms with Crippen LogP contribution in [-0.4, -0.2) is 33.4 Å². The molecule has 0 nitrogen and oxygen atoms in total. The fourth-order valence-corrected chi connectivity index (χ4v) is 3.29. The highest BCUT2D eigenvalue weighted by Crippen LogP contribution is 2.47. The van der Waals surface area contributed by atoms with E-state index in [1.54, 1.807) is 0 Å². The predicted molar refractivity (Wildman–Crippen MR) is 54.6 cm³/mol. The Morgan fingerprint density at radius 1 is 1.00 bits per heavy atom. The Labute approximate surface area is 78.5 Å². The summed E-state index contributed by atoms with van der Waals surface area (Å²) >= 11 is 0. The van der Waals surface area contributed by atoms with E-state index in [0.29, 0.717) is 0 Å². The van der Waals surface area contributed by atoms with Gasteiger partial charge in [-0.3, -0.25) is 0 Å². The maximum atomic E-state index is 9.75. The molecule has 0 aliphatic carbocycles. The lowest BCUT2D eigenvalue weighted by atomic mass is 10.3. The molecule has 0 bridgehead atoms. The van der Waals surface area contributed by atoms with Gasteiger partial charge in [0, 0.05) is 27.3 Å². The number of hydrogen-bond donors (Lipinski definition) is 0. The van der Waals surface area contributed by atoms with Crippen molar-refractivity contribution >= 4 is 14.5 Å². The molecule has 0 aromatic rings. The van der Waals surface area contributed by atoms with E-state index in [9.17, 15) is 17.3 Å². The Morgan fingerprint density at radius 2 is 1.23 bits per heavy atom. The van der Waals surface area contributed by atoms with Gasteiger partial charge in [-0.2, -0.15) is 0 Å². The third-order valence-electron chi connectivity index (χ3n) is 0.913. The number of halogens is 4. The first kappa shape index (κ1) is 15.7. The molecule has 0 fully saturated rings. The highest BCUT2D eigenvalue weighted by molar-refractivity contribution is 7.73. The van der Waals surface area contributed by atoms with Gasteiger partial charge in [0.15, 0.2) is 0 Å². The monoisotopic (exact) mass is 220 g/mol. The van der Waals surface area contributed by atoms with Crippen LogP contribution in [0.1, 0.15) is 13.8 Å². The van der Waals surface area contributed by atoms with Crippen molar-refractivity contribution in [3.63, 3.8) is 0 Å². The minimum atomic E-state index is -6.00. The van der Waals surface area contributed by atoms with E-state index in [1.807, 2.05) is 0 Å². The van der Waals surface area contributed by atoms with Crippen molar-refractivity contribution in [1.29, 1.82) is 0 Å². The lowest BCUT2D eigenvalue weighted by Gasteiger charge is -2.13. The van der Waals surface area contributed by atoms with E-state index in [0.717, 1.165) is 5.92 Å². The first-order valence-electron chi connectivity index (χ1n) is 4.09. The van der Waals surface area contributed by atoms with E-state index >= 15 is 0 Å². The van der Waals surface area contributed by atoms with Crippen molar-refractivity contribution < 1.29 is 17.3 Å². The van der Waals surface area contributed by atoms with Gasteiger partial charge in [0.05, 0.1) is 6.16 Å². The van der Waals surface area contributed by atoms with Crippen molar-refractivity contribution in [3.8, 4) is 0 Å². The molecule has 0 saturated carbocycles. The first-order valence-corrected chi connectivity index (χ1v) is 7.41. The predicted octanol–water partition coefficient (Wildman–Crippen LogP) is 3.85. The molecule has 0 N–H and O–H groups in total. The van der Waals surface area contributed by atoms with Crippen LogP contribution in [0, 0.1) is 5.92 Å². The Bertz CT molecular complexity index is 121. The van der Waals surface area contributed by atoms with Crippen LogP contribution < -0.4 is 0 Å². The highest BCUT2D eigenvalue weighted by atomic mass is 31.2. The summed E-state index contributed by atoms with van der Waals surface area (Å²) in [6.07, 6.45) is 1.44. The van der Waals surface area contributed by atoms with E-state index < -0.39 is 14.5 Å². The average Bonchev–Trinajstić information content (AvgIpc) is 1.47. The molecule has 6 heteroatoms. The Kier molecular flexibility index (Phi) is 7.05. The summed E-state index contributed by atoms with van der Waals surface area (Å²) in [5, 5.41) is 0. The molecule has 0 aliphatic rings. The van der Waals surface area contributed by atoms with Gasteiger partial charge in [0.2, 0.25) is 0 Å². The second-order valence-corrected chi connectivity index (χ2v) is 9.31. The lowest BCUT2D eigenvalue weighted by molar-refractivity contribution is 0.368. The van der Waals surface area contributed by atoms with Crippen LogP contribution >= 0.6 is 7.26 Å². The molecular formula is C7H18BF4P. The fourth-order valence-electron chi connectivity index (χ4n) is 1.10. The minimum Gasteiger partial charge on any atom is -0.418 e. The summed E-state index contributed by atoms with van der Waals surface area (Å²) < 4.78 is 39.0. The van der Waals surface area contributed by atoms with Crippen LogP contribution in [0.15, 0.2) is 0 Å².